The zero-order valence-electron chi connectivity index (χ0n) is 18.7. The van der Waals surface area contributed by atoms with Crippen LogP contribution in [-0.4, -0.2) is 51.0 Å². The molecular formula is C26H29N3O3. The Balaban J connectivity index is 1.54. The summed E-state index contributed by atoms with van der Waals surface area (Å²) in [7, 11) is 5.57. The van der Waals surface area contributed by atoms with Gasteiger partial charge in [0, 0.05) is 24.3 Å². The minimum Gasteiger partial charge on any atom is -0.497 e. The smallest absolute Gasteiger partial charge is 0.255 e. The second kappa shape index (κ2) is 11.1. The number of amides is 2. The van der Waals surface area contributed by atoms with E-state index in [-0.39, 0.29) is 11.8 Å². The van der Waals surface area contributed by atoms with Crippen molar-refractivity contribution < 1.29 is 14.3 Å². The number of nitrogens with zero attached hydrogens (tertiary/aromatic N) is 1. The lowest BCUT2D eigenvalue weighted by molar-refractivity contribution is -0.120. The fraction of sp³-hybridized carbons (Fsp3) is 0.231. The Morgan fingerprint density at radius 2 is 1.44 bits per heavy atom. The number of nitrogens with one attached hydrogen (secondary N) is 2. The van der Waals surface area contributed by atoms with Crippen LogP contribution in [-0.2, 0) is 11.2 Å². The Labute approximate surface area is 189 Å². The Bertz CT molecular complexity index is 1030. The summed E-state index contributed by atoms with van der Waals surface area (Å²) in [6, 6.07) is 22.6. The molecule has 3 aromatic carbocycles. The first-order chi connectivity index (χ1) is 15.4. The first-order valence-electron chi connectivity index (χ1n) is 10.5. The molecule has 0 fully saturated rings. The number of methoxy groups -OCH3 is 1. The van der Waals surface area contributed by atoms with Crippen molar-refractivity contribution in [1.82, 2.24) is 10.2 Å². The number of anilines is 1. The molecular weight excluding hydrogens is 402 g/mol. The van der Waals surface area contributed by atoms with Crippen molar-refractivity contribution in [2.45, 2.75) is 6.42 Å². The molecule has 0 heterocycles. The van der Waals surface area contributed by atoms with Crippen LogP contribution in [0.15, 0.2) is 72.8 Å². The van der Waals surface area contributed by atoms with E-state index in [2.05, 4.69) is 10.6 Å². The zero-order chi connectivity index (χ0) is 22.9. The van der Waals surface area contributed by atoms with Crippen LogP contribution in [0.4, 0.5) is 5.69 Å². The minimum absolute atomic E-state index is 0.0133. The SMILES string of the molecule is COc1ccc(-c2ccc(C(=O)Nc3ccc(CC(=O)NCCN(C)C)cc3)cc2)cc1. The molecule has 32 heavy (non-hydrogen) atoms. The van der Waals surface area contributed by atoms with Gasteiger partial charge in [0.25, 0.3) is 5.91 Å². The van der Waals surface area contributed by atoms with Gasteiger partial charge in [-0.05, 0) is 67.2 Å². The Kier molecular flexibility index (Phi) is 8.00. The summed E-state index contributed by atoms with van der Waals surface area (Å²) in [4.78, 5) is 26.6. The number of carbonyl (C=O) groups excluding carboxylic acids is 2. The van der Waals surface area contributed by atoms with Gasteiger partial charge in [0.2, 0.25) is 5.91 Å². The molecule has 0 aromatic heterocycles. The standard InChI is InChI=1S/C26H29N3O3/c1-29(2)17-16-27-25(30)18-19-4-12-23(13-5-19)28-26(31)22-8-6-20(7-9-22)21-10-14-24(32-3)15-11-21/h4-15H,16-18H2,1-3H3,(H,27,30)(H,28,31). The maximum Gasteiger partial charge on any atom is 0.255 e. The van der Waals surface area contributed by atoms with Crippen LogP contribution in [0.25, 0.3) is 11.1 Å². The summed E-state index contributed by atoms with van der Waals surface area (Å²) >= 11 is 0. The van der Waals surface area contributed by atoms with Crippen molar-refractivity contribution in [1.29, 1.82) is 0 Å². The predicted octanol–water partition coefficient (Wildman–Crippen LogP) is 3.83. The number of rotatable bonds is 9. The van der Waals surface area contributed by atoms with Gasteiger partial charge in [-0.1, -0.05) is 36.4 Å². The molecule has 6 heteroatoms. The van der Waals surface area contributed by atoms with Gasteiger partial charge in [0.05, 0.1) is 13.5 Å². The summed E-state index contributed by atoms with van der Waals surface area (Å²) in [6.07, 6.45) is 0.314. The maximum absolute atomic E-state index is 12.6. The first-order valence-corrected chi connectivity index (χ1v) is 10.5. The van der Waals surface area contributed by atoms with Gasteiger partial charge >= 0.3 is 0 Å². The molecule has 0 saturated heterocycles. The third-order valence-corrected chi connectivity index (χ3v) is 5.03. The molecule has 0 atom stereocenters. The fourth-order valence-electron chi connectivity index (χ4n) is 3.17. The van der Waals surface area contributed by atoms with Gasteiger partial charge in [-0.15, -0.1) is 0 Å². The lowest BCUT2D eigenvalue weighted by atomic mass is 10.0. The summed E-state index contributed by atoms with van der Waals surface area (Å²) in [5, 5.41) is 5.79. The van der Waals surface area contributed by atoms with E-state index in [4.69, 9.17) is 4.74 Å². The molecule has 0 spiro atoms. The third-order valence-electron chi connectivity index (χ3n) is 5.03. The van der Waals surface area contributed by atoms with Gasteiger partial charge in [0.15, 0.2) is 0 Å². The number of ether oxygens (including phenoxy) is 1. The normalized spacial score (nSPS) is 10.6. The van der Waals surface area contributed by atoms with Gasteiger partial charge < -0.3 is 20.3 Å². The van der Waals surface area contributed by atoms with Crippen LogP contribution in [0.1, 0.15) is 15.9 Å². The van der Waals surface area contributed by atoms with Crippen LogP contribution in [0, 0.1) is 0 Å². The molecule has 2 N–H and O–H groups in total. The summed E-state index contributed by atoms with van der Waals surface area (Å²) in [5.41, 5.74) is 4.24. The molecule has 0 saturated carbocycles. The van der Waals surface area contributed by atoms with E-state index in [0.29, 0.717) is 24.2 Å². The number of hydrogen-bond donors (Lipinski definition) is 2. The van der Waals surface area contributed by atoms with E-state index < -0.39 is 0 Å². The van der Waals surface area contributed by atoms with E-state index in [1.165, 1.54) is 0 Å². The topological polar surface area (TPSA) is 70.7 Å². The molecule has 0 aliphatic carbocycles. The number of hydrogen-bond acceptors (Lipinski definition) is 4. The van der Waals surface area contributed by atoms with Crippen molar-refractivity contribution in [3.05, 3.63) is 83.9 Å². The average Bonchev–Trinajstić information content (AvgIpc) is 2.80. The van der Waals surface area contributed by atoms with Crippen LogP contribution in [0.3, 0.4) is 0 Å². The van der Waals surface area contributed by atoms with Crippen LogP contribution in [0.5, 0.6) is 5.75 Å². The van der Waals surface area contributed by atoms with Gasteiger partial charge in [0.1, 0.15) is 5.75 Å². The van der Waals surface area contributed by atoms with E-state index in [0.717, 1.165) is 29.0 Å². The summed E-state index contributed by atoms with van der Waals surface area (Å²) < 4.78 is 5.19. The number of carbonyl (C=O) groups is 2. The zero-order valence-corrected chi connectivity index (χ0v) is 18.7. The van der Waals surface area contributed by atoms with Gasteiger partial charge in [-0.25, -0.2) is 0 Å². The molecule has 166 valence electrons. The van der Waals surface area contributed by atoms with E-state index >= 15 is 0 Å². The van der Waals surface area contributed by atoms with Crippen molar-refractivity contribution in [3.63, 3.8) is 0 Å². The highest BCUT2D eigenvalue weighted by Gasteiger charge is 2.08. The average molecular weight is 432 g/mol. The highest BCUT2D eigenvalue weighted by atomic mass is 16.5. The molecule has 6 nitrogen and oxygen atoms in total. The van der Waals surface area contributed by atoms with Crippen LogP contribution < -0.4 is 15.4 Å². The largest absolute Gasteiger partial charge is 0.497 e. The van der Waals surface area contributed by atoms with Gasteiger partial charge in [-0.2, -0.15) is 0 Å². The van der Waals surface area contributed by atoms with Crippen molar-refractivity contribution >= 4 is 17.5 Å². The third kappa shape index (κ3) is 6.68. The lowest BCUT2D eigenvalue weighted by Gasteiger charge is -2.11. The highest BCUT2D eigenvalue weighted by molar-refractivity contribution is 6.04. The Morgan fingerprint density at radius 3 is 2.00 bits per heavy atom. The first kappa shape index (κ1) is 23.0. The molecule has 3 aromatic rings. The fourth-order valence-corrected chi connectivity index (χ4v) is 3.17. The van der Waals surface area contributed by atoms with Crippen LogP contribution >= 0.6 is 0 Å². The van der Waals surface area contributed by atoms with E-state index in [9.17, 15) is 9.59 Å². The second-order valence-corrected chi connectivity index (χ2v) is 7.79. The predicted molar refractivity (Wildman–Crippen MR) is 128 cm³/mol. The highest BCUT2D eigenvalue weighted by Crippen LogP contribution is 2.23. The maximum atomic E-state index is 12.6. The molecule has 0 radical (unpaired) electrons. The Morgan fingerprint density at radius 1 is 0.844 bits per heavy atom. The van der Waals surface area contributed by atoms with E-state index in [1.54, 1.807) is 19.2 Å². The van der Waals surface area contributed by atoms with Crippen molar-refractivity contribution in [2.75, 3.05) is 39.6 Å². The minimum atomic E-state index is -0.180. The van der Waals surface area contributed by atoms with Crippen molar-refractivity contribution in [2.24, 2.45) is 0 Å². The summed E-state index contributed by atoms with van der Waals surface area (Å²) in [6.45, 7) is 1.43. The monoisotopic (exact) mass is 431 g/mol. The molecule has 0 aliphatic heterocycles. The quantitative estimate of drug-likeness (QED) is 0.540. The molecule has 0 unspecified atom stereocenters. The molecule has 3 rings (SSSR count). The molecule has 2 amide bonds. The van der Waals surface area contributed by atoms with Crippen LogP contribution in [0.2, 0.25) is 0 Å². The molecule has 0 aliphatic rings. The van der Waals surface area contributed by atoms with Gasteiger partial charge in [-0.3, -0.25) is 9.59 Å². The lowest BCUT2D eigenvalue weighted by Crippen LogP contribution is -2.32. The summed E-state index contributed by atoms with van der Waals surface area (Å²) in [5.74, 6) is 0.613. The van der Waals surface area contributed by atoms with Crippen molar-refractivity contribution in [3.8, 4) is 16.9 Å². The number of likely N-dealkylation sites (N-methyl/N-ethyl adjacent to an activating group) is 1. The Hall–Kier alpha value is -3.64. The van der Waals surface area contributed by atoms with E-state index in [1.807, 2.05) is 79.7 Å². The second-order valence-electron chi connectivity index (χ2n) is 7.79. The molecule has 0 bridgehead atoms. The number of benzene rings is 3.